The van der Waals surface area contributed by atoms with E-state index in [4.69, 9.17) is 4.55 Å². The maximum Gasteiger partial charge on any atom is 0.447 e. The molecule has 6 nitrogen and oxygen atoms in total. The van der Waals surface area contributed by atoms with Gasteiger partial charge in [-0.15, -0.1) is 0 Å². The second-order valence-electron chi connectivity index (χ2n) is 1.56. The molecule has 0 aliphatic rings. The summed E-state index contributed by atoms with van der Waals surface area (Å²) < 4.78 is 32.3. The third kappa shape index (κ3) is 2.92. The van der Waals surface area contributed by atoms with Gasteiger partial charge < -0.3 is 4.18 Å². The van der Waals surface area contributed by atoms with Crippen LogP contribution in [0.1, 0.15) is 0 Å². The molecule has 0 aliphatic carbocycles. The van der Waals surface area contributed by atoms with Crippen LogP contribution in [0.25, 0.3) is 0 Å². The maximum absolute atomic E-state index is 10.1. The van der Waals surface area contributed by atoms with Crippen LogP contribution in [0.5, 0.6) is 5.88 Å². The highest BCUT2D eigenvalue weighted by Gasteiger charge is 2.06. The Labute approximate surface area is 62.8 Å². The van der Waals surface area contributed by atoms with E-state index in [1.807, 2.05) is 0 Å². The molecule has 0 bridgehead atoms. The largest absolute Gasteiger partial charge is 0.447 e. The highest BCUT2D eigenvalue weighted by Crippen LogP contribution is 2.03. The first kappa shape index (κ1) is 7.89. The van der Waals surface area contributed by atoms with Gasteiger partial charge in [-0.2, -0.15) is 8.42 Å². The van der Waals surface area contributed by atoms with Crippen molar-refractivity contribution in [2.24, 2.45) is 0 Å². The zero-order valence-corrected chi connectivity index (χ0v) is 6.02. The third-order valence-electron chi connectivity index (χ3n) is 0.746. The van der Waals surface area contributed by atoms with Crippen LogP contribution in [0.3, 0.4) is 0 Å². The SMILES string of the molecule is O=S(=O)(O)Oc1ccncn1. The summed E-state index contributed by atoms with van der Waals surface area (Å²) >= 11 is 0. The molecule has 0 aromatic carbocycles. The molecular weight excluding hydrogens is 172 g/mol. The van der Waals surface area contributed by atoms with Gasteiger partial charge in [0.15, 0.2) is 0 Å². The summed E-state index contributed by atoms with van der Waals surface area (Å²) in [5.74, 6) is -0.220. The van der Waals surface area contributed by atoms with Crippen molar-refractivity contribution in [3.8, 4) is 5.88 Å². The molecule has 60 valence electrons. The second kappa shape index (κ2) is 2.81. The van der Waals surface area contributed by atoms with Crippen LogP contribution < -0.4 is 4.18 Å². The minimum Gasteiger partial charge on any atom is -0.341 e. The van der Waals surface area contributed by atoms with Gasteiger partial charge in [0.2, 0.25) is 5.88 Å². The minimum absolute atomic E-state index is 0.220. The van der Waals surface area contributed by atoms with Gasteiger partial charge >= 0.3 is 10.4 Å². The monoisotopic (exact) mass is 176 g/mol. The van der Waals surface area contributed by atoms with Gasteiger partial charge in [0.05, 0.1) is 0 Å². The quantitative estimate of drug-likeness (QED) is 0.620. The van der Waals surface area contributed by atoms with E-state index in [0.29, 0.717) is 0 Å². The van der Waals surface area contributed by atoms with Crippen LogP contribution in [0.15, 0.2) is 18.6 Å². The van der Waals surface area contributed by atoms with Crippen LogP contribution >= 0.6 is 0 Å². The summed E-state index contributed by atoms with van der Waals surface area (Å²) in [5.41, 5.74) is 0. The van der Waals surface area contributed by atoms with Gasteiger partial charge in [0.25, 0.3) is 0 Å². The molecule has 0 radical (unpaired) electrons. The van der Waals surface area contributed by atoms with Crippen LogP contribution in [0, 0.1) is 0 Å². The van der Waals surface area contributed by atoms with Gasteiger partial charge in [0.1, 0.15) is 6.33 Å². The van der Waals surface area contributed by atoms with Crippen molar-refractivity contribution in [3.05, 3.63) is 18.6 Å². The Morgan fingerprint density at radius 2 is 2.27 bits per heavy atom. The van der Waals surface area contributed by atoms with Crippen LogP contribution in [0.2, 0.25) is 0 Å². The highest BCUT2D eigenvalue weighted by atomic mass is 32.3. The molecule has 7 heteroatoms. The van der Waals surface area contributed by atoms with Gasteiger partial charge in [-0.05, 0) is 0 Å². The molecule has 1 rings (SSSR count). The molecule has 11 heavy (non-hydrogen) atoms. The van der Waals surface area contributed by atoms with Crippen LogP contribution in [0.4, 0.5) is 0 Å². The molecule has 0 unspecified atom stereocenters. The Morgan fingerprint density at radius 3 is 2.73 bits per heavy atom. The average Bonchev–Trinajstić information content (AvgIpc) is 1.85. The molecule has 0 fully saturated rings. The summed E-state index contributed by atoms with van der Waals surface area (Å²) in [5, 5.41) is 0. The molecule has 0 saturated carbocycles. The van der Waals surface area contributed by atoms with Crippen LogP contribution in [-0.2, 0) is 10.4 Å². The van der Waals surface area contributed by atoms with E-state index in [1.54, 1.807) is 0 Å². The normalized spacial score (nSPS) is 11.0. The van der Waals surface area contributed by atoms with E-state index in [0.717, 1.165) is 6.33 Å². The molecule has 0 atom stereocenters. The Balaban J connectivity index is 2.82. The van der Waals surface area contributed by atoms with Crippen molar-refractivity contribution in [1.82, 2.24) is 9.97 Å². The van der Waals surface area contributed by atoms with Gasteiger partial charge in [0, 0.05) is 12.3 Å². The Morgan fingerprint density at radius 1 is 1.55 bits per heavy atom. The summed E-state index contributed by atoms with van der Waals surface area (Å²) in [6.07, 6.45) is 2.38. The van der Waals surface area contributed by atoms with E-state index < -0.39 is 10.4 Å². The Kier molecular flexibility index (Phi) is 2.01. The third-order valence-corrected chi connectivity index (χ3v) is 1.13. The molecule has 1 aromatic rings. The fourth-order valence-electron chi connectivity index (χ4n) is 0.436. The van der Waals surface area contributed by atoms with Crippen molar-refractivity contribution in [3.63, 3.8) is 0 Å². The van der Waals surface area contributed by atoms with Crippen molar-refractivity contribution >= 4 is 10.4 Å². The van der Waals surface area contributed by atoms with Gasteiger partial charge in [-0.1, -0.05) is 0 Å². The Bertz CT molecular complexity index is 321. The molecule has 0 saturated heterocycles. The molecular formula is C4H4N2O4S. The maximum atomic E-state index is 10.1. The first-order valence-electron chi connectivity index (χ1n) is 2.51. The summed E-state index contributed by atoms with van der Waals surface area (Å²) in [6.45, 7) is 0. The van der Waals surface area contributed by atoms with E-state index in [9.17, 15) is 8.42 Å². The average molecular weight is 176 g/mol. The molecule has 1 heterocycles. The number of nitrogens with zero attached hydrogens (tertiary/aromatic N) is 2. The zero-order chi connectivity index (χ0) is 8.32. The predicted molar refractivity (Wildman–Crippen MR) is 34.2 cm³/mol. The molecule has 1 aromatic heterocycles. The van der Waals surface area contributed by atoms with E-state index in [-0.39, 0.29) is 5.88 Å². The molecule has 1 N–H and O–H groups in total. The van der Waals surface area contributed by atoms with Gasteiger partial charge in [-0.25, -0.2) is 9.97 Å². The molecule has 0 aliphatic heterocycles. The second-order valence-corrected chi connectivity index (χ2v) is 2.58. The standard InChI is InChI=1S/C4H4N2O4S/c7-11(8,9)10-4-1-2-5-3-6-4/h1-3H,(H,7,8,9). The van der Waals surface area contributed by atoms with Crippen molar-refractivity contribution in [2.45, 2.75) is 0 Å². The van der Waals surface area contributed by atoms with E-state index in [1.165, 1.54) is 12.3 Å². The number of hydrogen-bond donors (Lipinski definition) is 1. The van der Waals surface area contributed by atoms with Crippen molar-refractivity contribution < 1.29 is 17.2 Å². The first-order chi connectivity index (χ1) is 5.08. The Hall–Kier alpha value is -1.21. The number of aromatic nitrogens is 2. The number of rotatable bonds is 2. The smallest absolute Gasteiger partial charge is 0.341 e. The fraction of sp³-hybridized carbons (Fsp3) is 0. The van der Waals surface area contributed by atoms with E-state index in [2.05, 4.69) is 14.2 Å². The molecule has 0 amide bonds. The highest BCUT2D eigenvalue weighted by molar-refractivity contribution is 7.81. The first-order valence-corrected chi connectivity index (χ1v) is 3.87. The van der Waals surface area contributed by atoms with Crippen LogP contribution in [-0.4, -0.2) is 22.9 Å². The lowest BCUT2D eigenvalue weighted by atomic mass is 10.6. The predicted octanol–water partition coefficient (Wildman–Crippen LogP) is -0.342. The topological polar surface area (TPSA) is 89.4 Å². The summed E-state index contributed by atoms with van der Waals surface area (Å²) in [7, 11) is -4.47. The lowest BCUT2D eigenvalue weighted by Crippen LogP contribution is -2.07. The lowest BCUT2D eigenvalue weighted by Gasteiger charge is -1.96. The lowest BCUT2D eigenvalue weighted by molar-refractivity contribution is 0.380. The zero-order valence-electron chi connectivity index (χ0n) is 5.21. The van der Waals surface area contributed by atoms with Gasteiger partial charge in [-0.3, -0.25) is 4.55 Å². The van der Waals surface area contributed by atoms with E-state index >= 15 is 0 Å². The van der Waals surface area contributed by atoms with Crippen molar-refractivity contribution in [1.29, 1.82) is 0 Å². The fourth-order valence-corrected chi connectivity index (χ4v) is 0.750. The summed E-state index contributed by atoms with van der Waals surface area (Å²) in [4.78, 5) is 6.90. The molecule has 0 spiro atoms. The summed E-state index contributed by atoms with van der Waals surface area (Å²) in [6, 6.07) is 1.20. The number of hydrogen-bond acceptors (Lipinski definition) is 5. The van der Waals surface area contributed by atoms with Crippen molar-refractivity contribution in [2.75, 3.05) is 0 Å². The minimum atomic E-state index is -4.47.